The first kappa shape index (κ1) is 8.96. The molecule has 0 aromatic carbocycles. The summed E-state index contributed by atoms with van der Waals surface area (Å²) in [7, 11) is 0. The number of rotatable bonds is 3. The van der Waals surface area contributed by atoms with Crippen molar-refractivity contribution in [3.8, 4) is 0 Å². The van der Waals surface area contributed by atoms with Crippen molar-refractivity contribution in [1.82, 2.24) is 0 Å². The molecule has 0 aliphatic rings. The van der Waals surface area contributed by atoms with E-state index in [1.807, 2.05) is 0 Å². The van der Waals surface area contributed by atoms with Crippen molar-refractivity contribution < 1.29 is 5.11 Å². The van der Waals surface area contributed by atoms with Crippen LogP contribution in [0.5, 0.6) is 0 Å². The maximum absolute atomic E-state index is 9.06. The lowest BCUT2D eigenvalue weighted by Gasteiger charge is -2.27. The molecular formula is C8H17O-. The van der Waals surface area contributed by atoms with Gasteiger partial charge in [0.05, 0.1) is 0 Å². The molecule has 0 spiro atoms. The number of aliphatic hydroxyl groups excluding tert-OH is 1. The van der Waals surface area contributed by atoms with Gasteiger partial charge in [-0.15, -0.1) is 5.92 Å². The summed E-state index contributed by atoms with van der Waals surface area (Å²) in [5, 5.41) is 9.06. The summed E-state index contributed by atoms with van der Waals surface area (Å²) in [5.41, 5.74) is 0. The smallest absolute Gasteiger partial charge is 0.0270 e. The molecule has 0 heterocycles. The van der Waals surface area contributed by atoms with Gasteiger partial charge in [-0.1, -0.05) is 26.2 Å². The molecule has 3 atom stereocenters. The van der Waals surface area contributed by atoms with E-state index in [1.165, 1.54) is 0 Å². The quantitative estimate of drug-likeness (QED) is 0.577. The topological polar surface area (TPSA) is 20.2 Å². The number of aliphatic hydroxyl groups is 1. The Morgan fingerprint density at radius 2 is 1.89 bits per heavy atom. The monoisotopic (exact) mass is 129 g/mol. The summed E-state index contributed by atoms with van der Waals surface area (Å²) in [4.78, 5) is 0. The van der Waals surface area contributed by atoms with Crippen LogP contribution in [-0.4, -0.2) is 11.2 Å². The largest absolute Gasteiger partial charge is 0.396 e. The summed E-state index contributed by atoms with van der Waals surface area (Å²) >= 11 is 0. The van der Waals surface area contributed by atoms with Crippen LogP contribution >= 0.6 is 0 Å². The first-order valence-corrected chi connectivity index (χ1v) is 3.60. The van der Waals surface area contributed by atoms with Gasteiger partial charge in [0.2, 0.25) is 0 Å². The van der Waals surface area contributed by atoms with Crippen LogP contribution < -0.4 is 0 Å². The normalized spacial score (nSPS) is 21.0. The summed E-state index contributed by atoms with van der Waals surface area (Å²) in [5.74, 6) is 0.722. The SMILES string of the molecule is [CH2-]C(C(C)O)C(C)CC. The van der Waals surface area contributed by atoms with Crippen LogP contribution in [0.1, 0.15) is 27.2 Å². The molecule has 0 aliphatic heterocycles. The van der Waals surface area contributed by atoms with Gasteiger partial charge in [0.25, 0.3) is 0 Å². The highest BCUT2D eigenvalue weighted by Gasteiger charge is 2.08. The third-order valence-electron chi connectivity index (χ3n) is 1.99. The molecule has 56 valence electrons. The molecule has 0 amide bonds. The van der Waals surface area contributed by atoms with Crippen LogP contribution in [0.4, 0.5) is 0 Å². The molecule has 0 saturated heterocycles. The molecule has 0 radical (unpaired) electrons. The van der Waals surface area contributed by atoms with Crippen molar-refractivity contribution >= 4 is 0 Å². The third-order valence-corrected chi connectivity index (χ3v) is 1.99. The standard InChI is InChI=1S/C8H17O/c1-5-6(2)7(3)8(4)9/h6-9H,3,5H2,1-2,4H3/q-1. The average molecular weight is 129 g/mol. The predicted octanol–water partition coefficient (Wildman–Crippen LogP) is 1.86. The van der Waals surface area contributed by atoms with Gasteiger partial charge in [0, 0.05) is 6.10 Å². The second-order valence-electron chi connectivity index (χ2n) is 2.79. The van der Waals surface area contributed by atoms with Crippen LogP contribution in [0.25, 0.3) is 0 Å². The highest BCUT2D eigenvalue weighted by Crippen LogP contribution is 2.16. The Balaban J connectivity index is 3.58. The Bertz CT molecular complexity index is 69.0. The van der Waals surface area contributed by atoms with Crippen molar-refractivity contribution in [2.45, 2.75) is 33.3 Å². The van der Waals surface area contributed by atoms with Crippen molar-refractivity contribution in [1.29, 1.82) is 0 Å². The molecule has 0 aromatic heterocycles. The van der Waals surface area contributed by atoms with Crippen LogP contribution in [0, 0.1) is 18.8 Å². The molecular weight excluding hydrogens is 112 g/mol. The zero-order valence-corrected chi connectivity index (χ0v) is 6.59. The fraction of sp³-hybridized carbons (Fsp3) is 0.875. The Morgan fingerprint density at radius 3 is 2.00 bits per heavy atom. The average Bonchev–Trinajstić information content (AvgIpc) is 1.84. The van der Waals surface area contributed by atoms with Gasteiger partial charge in [0.1, 0.15) is 0 Å². The van der Waals surface area contributed by atoms with Gasteiger partial charge in [0.15, 0.2) is 0 Å². The van der Waals surface area contributed by atoms with Crippen LogP contribution in [0.2, 0.25) is 0 Å². The van der Waals surface area contributed by atoms with Crippen LogP contribution in [-0.2, 0) is 0 Å². The van der Waals surface area contributed by atoms with Gasteiger partial charge < -0.3 is 12.0 Å². The molecule has 1 N–H and O–H groups in total. The minimum atomic E-state index is -0.264. The number of hydrogen-bond donors (Lipinski definition) is 1. The molecule has 1 heteroatoms. The van der Waals surface area contributed by atoms with E-state index in [0.29, 0.717) is 5.92 Å². The van der Waals surface area contributed by atoms with E-state index in [-0.39, 0.29) is 12.0 Å². The van der Waals surface area contributed by atoms with Crippen LogP contribution in [0.15, 0.2) is 0 Å². The summed E-state index contributed by atoms with van der Waals surface area (Å²) < 4.78 is 0. The second kappa shape index (κ2) is 3.89. The third kappa shape index (κ3) is 2.85. The predicted molar refractivity (Wildman–Crippen MR) is 40.0 cm³/mol. The minimum absolute atomic E-state index is 0.190. The second-order valence-corrected chi connectivity index (χ2v) is 2.79. The molecule has 9 heavy (non-hydrogen) atoms. The van der Waals surface area contributed by atoms with Crippen molar-refractivity contribution in [2.24, 2.45) is 11.8 Å². The summed E-state index contributed by atoms with van der Waals surface area (Å²) in [6.07, 6.45) is 0.832. The van der Waals surface area contributed by atoms with Crippen molar-refractivity contribution in [3.63, 3.8) is 0 Å². The van der Waals surface area contributed by atoms with Gasteiger partial charge in [-0.2, -0.15) is 0 Å². The van der Waals surface area contributed by atoms with E-state index in [4.69, 9.17) is 5.11 Å². The van der Waals surface area contributed by atoms with E-state index in [1.54, 1.807) is 6.92 Å². The van der Waals surface area contributed by atoms with Gasteiger partial charge in [-0.3, -0.25) is 0 Å². The molecule has 0 aromatic rings. The Morgan fingerprint density at radius 1 is 1.44 bits per heavy atom. The zero-order chi connectivity index (χ0) is 7.44. The lowest BCUT2D eigenvalue weighted by atomic mass is 9.90. The molecule has 0 fully saturated rings. The van der Waals surface area contributed by atoms with Crippen molar-refractivity contribution in [2.75, 3.05) is 0 Å². The maximum atomic E-state index is 9.06. The molecule has 0 aliphatic carbocycles. The van der Waals surface area contributed by atoms with Gasteiger partial charge >= 0.3 is 0 Å². The lowest BCUT2D eigenvalue weighted by Crippen LogP contribution is -2.20. The van der Waals surface area contributed by atoms with E-state index in [9.17, 15) is 0 Å². The molecule has 0 bridgehead atoms. The molecule has 3 unspecified atom stereocenters. The van der Waals surface area contributed by atoms with Gasteiger partial charge in [-0.25, -0.2) is 0 Å². The minimum Gasteiger partial charge on any atom is -0.396 e. The Kier molecular flexibility index (Phi) is 3.87. The summed E-state index contributed by atoms with van der Waals surface area (Å²) in [6, 6.07) is 0. The maximum Gasteiger partial charge on any atom is 0.0270 e. The fourth-order valence-electron chi connectivity index (χ4n) is 0.778. The molecule has 0 saturated carbocycles. The van der Waals surface area contributed by atoms with Crippen LogP contribution in [0.3, 0.4) is 0 Å². The molecule has 0 rings (SSSR count). The highest BCUT2D eigenvalue weighted by molar-refractivity contribution is 4.71. The van der Waals surface area contributed by atoms with E-state index in [0.717, 1.165) is 6.42 Å². The van der Waals surface area contributed by atoms with Gasteiger partial charge in [-0.05, 0) is 6.92 Å². The molecule has 1 nitrogen and oxygen atoms in total. The van der Waals surface area contributed by atoms with E-state index in [2.05, 4.69) is 20.8 Å². The first-order valence-electron chi connectivity index (χ1n) is 3.60. The Labute approximate surface area is 58.1 Å². The van der Waals surface area contributed by atoms with Crippen molar-refractivity contribution in [3.05, 3.63) is 6.92 Å². The van der Waals surface area contributed by atoms with E-state index >= 15 is 0 Å². The zero-order valence-electron chi connectivity index (χ0n) is 6.59. The lowest BCUT2D eigenvalue weighted by molar-refractivity contribution is 0.117. The Hall–Kier alpha value is -0.0400. The number of hydrogen-bond acceptors (Lipinski definition) is 1. The summed E-state index contributed by atoms with van der Waals surface area (Å²) in [6.45, 7) is 9.89. The first-order chi connectivity index (χ1) is 4.09. The highest BCUT2D eigenvalue weighted by atomic mass is 16.3. The van der Waals surface area contributed by atoms with E-state index < -0.39 is 0 Å². The fourth-order valence-corrected chi connectivity index (χ4v) is 0.778.